The molecule has 2 aromatic rings. The zero-order valence-corrected chi connectivity index (χ0v) is 17.3. The molecule has 1 amide bonds. The predicted octanol–water partition coefficient (Wildman–Crippen LogP) is 2.30. The van der Waals surface area contributed by atoms with Crippen molar-refractivity contribution in [3.05, 3.63) is 52.7 Å². The molecule has 0 radical (unpaired) electrons. The van der Waals surface area contributed by atoms with Crippen LogP contribution in [0.5, 0.6) is 0 Å². The van der Waals surface area contributed by atoms with Crippen LogP contribution in [0.2, 0.25) is 0 Å². The molecule has 2 N–H and O–H groups in total. The number of ether oxygens (including phenoxy) is 1. The van der Waals surface area contributed by atoms with Crippen molar-refractivity contribution < 1.29 is 17.9 Å². The molecular formula is C18H19N3O4S3. The number of carbonyl (C=O) groups excluding carboxylic acids is 1. The molecule has 28 heavy (non-hydrogen) atoms. The number of anilines is 1. The normalized spacial score (nSPS) is 15.4. The fourth-order valence-electron chi connectivity index (χ4n) is 2.51. The first kappa shape index (κ1) is 20.6. The van der Waals surface area contributed by atoms with Crippen LogP contribution in [0.25, 0.3) is 6.08 Å². The maximum Gasteiger partial charge on any atom is 0.250 e. The summed E-state index contributed by atoms with van der Waals surface area (Å²) in [5.41, 5.74) is 0.577. The Morgan fingerprint density at radius 2 is 1.89 bits per heavy atom. The number of benzene rings is 1. The van der Waals surface area contributed by atoms with Crippen LogP contribution in [-0.2, 0) is 19.6 Å². The highest BCUT2D eigenvalue weighted by molar-refractivity contribution is 7.89. The molecule has 7 nitrogen and oxygen atoms in total. The Labute approximate surface area is 173 Å². The van der Waals surface area contributed by atoms with Gasteiger partial charge in [-0.3, -0.25) is 10.1 Å². The van der Waals surface area contributed by atoms with Crippen molar-refractivity contribution in [3.63, 3.8) is 0 Å². The summed E-state index contributed by atoms with van der Waals surface area (Å²) < 4.78 is 31.8. The van der Waals surface area contributed by atoms with Gasteiger partial charge in [-0.05, 0) is 54.0 Å². The predicted molar refractivity (Wildman–Crippen MR) is 114 cm³/mol. The molecule has 1 saturated heterocycles. The Morgan fingerprint density at radius 3 is 2.54 bits per heavy atom. The summed E-state index contributed by atoms with van der Waals surface area (Å²) in [6.45, 7) is 1.48. The van der Waals surface area contributed by atoms with Crippen LogP contribution in [-0.4, -0.2) is 50.0 Å². The summed E-state index contributed by atoms with van der Waals surface area (Å²) in [5.74, 6) is -0.350. The Bertz CT molecular complexity index is 948. The second-order valence-electron chi connectivity index (χ2n) is 5.83. The number of thiophene rings is 1. The van der Waals surface area contributed by atoms with Crippen LogP contribution in [0.4, 0.5) is 5.69 Å². The molecule has 148 valence electrons. The van der Waals surface area contributed by atoms with Gasteiger partial charge in [0, 0.05) is 29.7 Å². The lowest BCUT2D eigenvalue weighted by Crippen LogP contribution is -2.40. The van der Waals surface area contributed by atoms with E-state index in [2.05, 4.69) is 10.6 Å². The molecule has 0 unspecified atom stereocenters. The van der Waals surface area contributed by atoms with Crippen molar-refractivity contribution >= 4 is 56.4 Å². The minimum absolute atomic E-state index is 0.129. The first-order valence-electron chi connectivity index (χ1n) is 8.47. The van der Waals surface area contributed by atoms with E-state index in [-0.39, 0.29) is 15.9 Å². The summed E-state index contributed by atoms with van der Waals surface area (Å²) in [6.07, 6.45) is 3.10. The van der Waals surface area contributed by atoms with Gasteiger partial charge < -0.3 is 10.1 Å². The lowest BCUT2D eigenvalue weighted by atomic mass is 10.3. The molecule has 1 aromatic carbocycles. The second-order valence-corrected chi connectivity index (χ2v) is 9.16. The molecule has 0 spiro atoms. The van der Waals surface area contributed by atoms with Crippen molar-refractivity contribution in [1.29, 1.82) is 0 Å². The average Bonchev–Trinajstić information content (AvgIpc) is 3.21. The summed E-state index contributed by atoms with van der Waals surface area (Å²) in [4.78, 5) is 13.1. The van der Waals surface area contributed by atoms with Crippen LogP contribution >= 0.6 is 23.6 Å². The van der Waals surface area contributed by atoms with E-state index in [9.17, 15) is 13.2 Å². The maximum absolute atomic E-state index is 12.6. The van der Waals surface area contributed by atoms with Gasteiger partial charge in [0.1, 0.15) is 0 Å². The second kappa shape index (κ2) is 9.39. The van der Waals surface area contributed by atoms with E-state index in [0.29, 0.717) is 32.0 Å². The summed E-state index contributed by atoms with van der Waals surface area (Å²) in [7, 11) is -3.54. The SMILES string of the molecule is O=C(C=Cc1cccs1)NC(=S)Nc1ccc(S(=O)(=O)N2CCOCC2)cc1. The number of nitrogens with one attached hydrogen (secondary N) is 2. The van der Waals surface area contributed by atoms with Gasteiger partial charge >= 0.3 is 0 Å². The quantitative estimate of drug-likeness (QED) is 0.551. The molecular weight excluding hydrogens is 418 g/mol. The number of rotatable bonds is 5. The number of morpholine rings is 1. The van der Waals surface area contributed by atoms with Crippen molar-refractivity contribution in [2.45, 2.75) is 4.90 Å². The number of sulfonamides is 1. The summed E-state index contributed by atoms with van der Waals surface area (Å²) >= 11 is 6.65. The van der Waals surface area contributed by atoms with Crippen LogP contribution in [0.3, 0.4) is 0 Å². The van der Waals surface area contributed by atoms with Crippen LogP contribution in [0, 0.1) is 0 Å². The fraction of sp³-hybridized carbons (Fsp3) is 0.222. The van der Waals surface area contributed by atoms with E-state index >= 15 is 0 Å². The van der Waals surface area contributed by atoms with Gasteiger partial charge in [0.15, 0.2) is 5.11 Å². The number of thiocarbonyl (C=S) groups is 1. The highest BCUT2D eigenvalue weighted by Crippen LogP contribution is 2.19. The third-order valence-electron chi connectivity index (χ3n) is 3.90. The zero-order valence-electron chi connectivity index (χ0n) is 14.8. The summed E-state index contributed by atoms with van der Waals surface area (Å²) in [5, 5.41) is 7.46. The highest BCUT2D eigenvalue weighted by atomic mass is 32.2. The molecule has 0 aliphatic carbocycles. The summed E-state index contributed by atoms with van der Waals surface area (Å²) in [6, 6.07) is 10.0. The lowest BCUT2D eigenvalue weighted by Gasteiger charge is -2.26. The number of hydrogen-bond acceptors (Lipinski definition) is 6. The number of amides is 1. The molecule has 1 aliphatic heterocycles. The van der Waals surface area contributed by atoms with E-state index in [4.69, 9.17) is 17.0 Å². The highest BCUT2D eigenvalue weighted by Gasteiger charge is 2.26. The molecule has 3 rings (SSSR count). The molecule has 0 atom stereocenters. The third-order valence-corrected chi connectivity index (χ3v) is 6.85. The minimum atomic E-state index is -3.54. The molecule has 0 saturated carbocycles. The van der Waals surface area contributed by atoms with Crippen LogP contribution in [0.15, 0.2) is 52.7 Å². The fourth-order valence-corrected chi connectivity index (χ4v) is 4.75. The molecule has 0 bridgehead atoms. The molecule has 1 aliphatic rings. The Balaban J connectivity index is 1.56. The van der Waals surface area contributed by atoms with Gasteiger partial charge in [-0.1, -0.05) is 6.07 Å². The van der Waals surface area contributed by atoms with E-state index < -0.39 is 10.0 Å². The van der Waals surface area contributed by atoms with Gasteiger partial charge in [-0.25, -0.2) is 8.42 Å². The van der Waals surface area contributed by atoms with Gasteiger partial charge in [0.2, 0.25) is 15.9 Å². The van der Waals surface area contributed by atoms with Gasteiger partial charge in [-0.15, -0.1) is 11.3 Å². The average molecular weight is 438 g/mol. The van der Waals surface area contributed by atoms with Gasteiger partial charge in [-0.2, -0.15) is 4.31 Å². The lowest BCUT2D eigenvalue weighted by molar-refractivity contribution is -0.115. The van der Waals surface area contributed by atoms with E-state index in [1.165, 1.54) is 33.9 Å². The first-order chi connectivity index (χ1) is 13.4. The Morgan fingerprint density at radius 1 is 1.18 bits per heavy atom. The standard InChI is InChI=1S/C18H19N3O4S3/c22-17(8-5-15-2-1-13-27-15)20-18(26)19-14-3-6-16(7-4-14)28(23,24)21-9-11-25-12-10-21/h1-8,13H,9-12H2,(H2,19,20,22,26). The van der Waals surface area contributed by atoms with E-state index in [0.717, 1.165) is 4.88 Å². The van der Waals surface area contributed by atoms with E-state index in [1.54, 1.807) is 18.2 Å². The van der Waals surface area contributed by atoms with Gasteiger partial charge in [0.25, 0.3) is 0 Å². The third kappa shape index (κ3) is 5.46. The van der Waals surface area contributed by atoms with Gasteiger partial charge in [0.05, 0.1) is 18.1 Å². The van der Waals surface area contributed by atoms with E-state index in [1.807, 2.05) is 17.5 Å². The monoisotopic (exact) mass is 437 g/mol. The van der Waals surface area contributed by atoms with Crippen LogP contribution in [0.1, 0.15) is 4.88 Å². The Kier molecular flexibility index (Phi) is 6.92. The molecule has 1 fully saturated rings. The zero-order chi connectivity index (χ0) is 20.0. The first-order valence-corrected chi connectivity index (χ1v) is 11.2. The minimum Gasteiger partial charge on any atom is -0.379 e. The Hall–Kier alpha value is -2.11. The molecule has 2 heterocycles. The number of carbonyl (C=O) groups is 1. The molecule has 1 aromatic heterocycles. The van der Waals surface area contributed by atoms with Crippen molar-refractivity contribution in [1.82, 2.24) is 9.62 Å². The number of nitrogens with zero attached hydrogens (tertiary/aromatic N) is 1. The maximum atomic E-state index is 12.6. The van der Waals surface area contributed by atoms with Crippen molar-refractivity contribution in [3.8, 4) is 0 Å². The largest absolute Gasteiger partial charge is 0.379 e. The molecule has 10 heteroatoms. The van der Waals surface area contributed by atoms with Crippen molar-refractivity contribution in [2.75, 3.05) is 31.6 Å². The smallest absolute Gasteiger partial charge is 0.250 e. The number of hydrogen-bond donors (Lipinski definition) is 2. The van der Waals surface area contributed by atoms with Crippen LogP contribution < -0.4 is 10.6 Å². The topological polar surface area (TPSA) is 87.7 Å². The van der Waals surface area contributed by atoms with Crippen molar-refractivity contribution in [2.24, 2.45) is 0 Å².